The highest BCUT2D eigenvalue weighted by molar-refractivity contribution is 5.80. The highest BCUT2D eigenvalue weighted by atomic mass is 16.5. The van der Waals surface area contributed by atoms with Crippen LogP contribution < -0.4 is 5.32 Å². The number of nitrogens with one attached hydrogen (secondary N) is 1. The van der Waals surface area contributed by atoms with E-state index in [2.05, 4.69) is 12.2 Å². The summed E-state index contributed by atoms with van der Waals surface area (Å²) in [6.45, 7) is 4.50. The second-order valence-corrected chi connectivity index (χ2v) is 6.68. The lowest BCUT2D eigenvalue weighted by Crippen LogP contribution is -2.38. The van der Waals surface area contributed by atoms with Crippen LogP contribution in [0, 0.1) is 5.92 Å². The number of hydrogen-bond acceptors (Lipinski definition) is 3. The molecule has 23 heavy (non-hydrogen) atoms. The number of benzene rings is 1. The Bertz CT molecular complexity index is 477. The molecule has 2 N–H and O–H groups in total. The number of rotatable bonds is 7. The highest BCUT2D eigenvalue weighted by Crippen LogP contribution is 2.26. The average Bonchev–Trinajstić information content (AvgIpc) is 2.55. The smallest absolute Gasteiger partial charge is 0.248 e. The van der Waals surface area contributed by atoms with Gasteiger partial charge in [-0.05, 0) is 37.7 Å². The average molecular weight is 319 g/mol. The maximum absolute atomic E-state index is 12.1. The first-order valence-electron chi connectivity index (χ1n) is 8.72. The van der Waals surface area contributed by atoms with Gasteiger partial charge in [-0.2, -0.15) is 0 Å². The molecule has 4 unspecified atom stereocenters. The van der Waals surface area contributed by atoms with Crippen molar-refractivity contribution in [3.05, 3.63) is 35.9 Å². The predicted octanol–water partition coefficient (Wildman–Crippen LogP) is 3.21. The van der Waals surface area contributed by atoms with Gasteiger partial charge in [0, 0.05) is 6.54 Å². The van der Waals surface area contributed by atoms with Crippen LogP contribution in [0.25, 0.3) is 0 Å². The SMILES string of the molecule is CC1CCCC(OC(C)C(=O)NCCC(O)c2ccccc2)C1. The van der Waals surface area contributed by atoms with E-state index in [4.69, 9.17) is 4.74 Å². The summed E-state index contributed by atoms with van der Waals surface area (Å²) in [5.41, 5.74) is 0.877. The number of aliphatic hydroxyl groups is 1. The van der Waals surface area contributed by atoms with Gasteiger partial charge in [0.2, 0.25) is 5.91 Å². The van der Waals surface area contributed by atoms with Crippen molar-refractivity contribution in [3.63, 3.8) is 0 Å². The Kier molecular flexibility index (Phi) is 7.06. The van der Waals surface area contributed by atoms with Crippen LogP contribution in [0.1, 0.15) is 57.6 Å². The van der Waals surface area contributed by atoms with Gasteiger partial charge in [-0.3, -0.25) is 4.79 Å². The quantitative estimate of drug-likeness (QED) is 0.811. The summed E-state index contributed by atoms with van der Waals surface area (Å²) >= 11 is 0. The van der Waals surface area contributed by atoms with Crippen LogP contribution in [0.2, 0.25) is 0 Å². The Morgan fingerprint density at radius 3 is 2.78 bits per heavy atom. The zero-order chi connectivity index (χ0) is 16.7. The second kappa shape index (κ2) is 9.04. The van der Waals surface area contributed by atoms with Gasteiger partial charge in [-0.15, -0.1) is 0 Å². The Morgan fingerprint density at radius 2 is 2.09 bits per heavy atom. The van der Waals surface area contributed by atoms with Gasteiger partial charge >= 0.3 is 0 Å². The lowest BCUT2D eigenvalue weighted by atomic mass is 9.88. The van der Waals surface area contributed by atoms with Gasteiger partial charge in [-0.1, -0.05) is 50.1 Å². The van der Waals surface area contributed by atoms with Gasteiger partial charge in [0.1, 0.15) is 6.10 Å². The zero-order valence-corrected chi connectivity index (χ0v) is 14.2. The molecule has 0 spiro atoms. The molecule has 1 saturated carbocycles. The summed E-state index contributed by atoms with van der Waals surface area (Å²) in [6, 6.07) is 9.50. The molecule has 1 aliphatic rings. The van der Waals surface area contributed by atoms with E-state index in [9.17, 15) is 9.90 Å². The summed E-state index contributed by atoms with van der Waals surface area (Å²) < 4.78 is 5.89. The molecule has 1 aromatic carbocycles. The number of ether oxygens (including phenoxy) is 1. The minimum absolute atomic E-state index is 0.0940. The highest BCUT2D eigenvalue weighted by Gasteiger charge is 2.24. The first kappa shape index (κ1) is 18.0. The molecule has 0 bridgehead atoms. The van der Waals surface area contributed by atoms with E-state index >= 15 is 0 Å². The van der Waals surface area contributed by atoms with Crippen molar-refractivity contribution in [2.75, 3.05) is 6.54 Å². The van der Waals surface area contributed by atoms with Gasteiger partial charge in [0.05, 0.1) is 12.2 Å². The van der Waals surface area contributed by atoms with E-state index in [1.165, 1.54) is 12.8 Å². The third-order valence-electron chi connectivity index (χ3n) is 4.56. The van der Waals surface area contributed by atoms with Crippen molar-refractivity contribution in [1.82, 2.24) is 5.32 Å². The molecular formula is C19H29NO3. The van der Waals surface area contributed by atoms with Crippen LogP contribution in [-0.4, -0.2) is 29.8 Å². The molecular weight excluding hydrogens is 290 g/mol. The fraction of sp³-hybridized carbons (Fsp3) is 0.632. The van der Waals surface area contributed by atoms with E-state index in [1.54, 1.807) is 0 Å². The Morgan fingerprint density at radius 1 is 1.35 bits per heavy atom. The van der Waals surface area contributed by atoms with Crippen molar-refractivity contribution >= 4 is 5.91 Å². The van der Waals surface area contributed by atoms with Crippen molar-refractivity contribution in [2.24, 2.45) is 5.92 Å². The van der Waals surface area contributed by atoms with Gasteiger partial charge in [0.25, 0.3) is 0 Å². The maximum Gasteiger partial charge on any atom is 0.248 e. The molecule has 4 atom stereocenters. The fourth-order valence-electron chi connectivity index (χ4n) is 3.17. The molecule has 1 aliphatic carbocycles. The lowest BCUT2D eigenvalue weighted by molar-refractivity contribution is -0.137. The van der Waals surface area contributed by atoms with Crippen LogP contribution in [0.5, 0.6) is 0 Å². The van der Waals surface area contributed by atoms with Gasteiger partial charge in [0.15, 0.2) is 0 Å². The first-order valence-corrected chi connectivity index (χ1v) is 8.72. The number of amides is 1. The molecule has 0 aliphatic heterocycles. The van der Waals surface area contributed by atoms with Crippen molar-refractivity contribution in [2.45, 2.75) is 64.3 Å². The molecule has 4 nitrogen and oxygen atoms in total. The zero-order valence-electron chi connectivity index (χ0n) is 14.2. The van der Waals surface area contributed by atoms with Crippen molar-refractivity contribution in [3.8, 4) is 0 Å². The molecule has 1 fully saturated rings. The molecule has 0 saturated heterocycles. The van der Waals surface area contributed by atoms with E-state index in [1.807, 2.05) is 37.3 Å². The van der Waals surface area contributed by atoms with Crippen LogP contribution >= 0.6 is 0 Å². The van der Waals surface area contributed by atoms with E-state index in [0.717, 1.165) is 18.4 Å². The number of hydrogen-bond donors (Lipinski definition) is 2. The van der Waals surface area contributed by atoms with Crippen LogP contribution in [0.4, 0.5) is 0 Å². The number of aliphatic hydroxyl groups excluding tert-OH is 1. The summed E-state index contributed by atoms with van der Waals surface area (Å²) in [6.07, 6.45) is 4.27. The molecule has 1 amide bonds. The molecule has 0 radical (unpaired) electrons. The maximum atomic E-state index is 12.1. The fourth-order valence-corrected chi connectivity index (χ4v) is 3.17. The standard InChI is InChI=1S/C19H29NO3/c1-14-7-6-10-17(13-14)23-15(2)19(22)20-12-11-18(21)16-8-4-3-5-9-16/h3-5,8-9,14-15,17-18,21H,6-7,10-13H2,1-2H3,(H,20,22). The topological polar surface area (TPSA) is 58.6 Å². The number of carbonyl (C=O) groups is 1. The third kappa shape index (κ3) is 5.96. The van der Waals surface area contributed by atoms with Gasteiger partial charge in [-0.25, -0.2) is 0 Å². The Balaban J connectivity index is 1.67. The van der Waals surface area contributed by atoms with Crippen LogP contribution in [-0.2, 0) is 9.53 Å². The van der Waals surface area contributed by atoms with E-state index in [0.29, 0.717) is 18.9 Å². The summed E-state index contributed by atoms with van der Waals surface area (Å²) in [4.78, 5) is 12.1. The molecule has 4 heteroatoms. The summed E-state index contributed by atoms with van der Waals surface area (Å²) in [7, 11) is 0. The molecule has 0 aromatic heterocycles. The number of carbonyl (C=O) groups excluding carboxylic acids is 1. The molecule has 128 valence electrons. The lowest BCUT2D eigenvalue weighted by Gasteiger charge is -2.29. The first-order chi connectivity index (χ1) is 11.1. The normalized spacial score (nSPS) is 24.0. The summed E-state index contributed by atoms with van der Waals surface area (Å²) in [5, 5.41) is 12.9. The molecule has 1 aromatic rings. The summed E-state index contributed by atoms with van der Waals surface area (Å²) in [5.74, 6) is 0.591. The van der Waals surface area contributed by atoms with Crippen molar-refractivity contribution in [1.29, 1.82) is 0 Å². The third-order valence-corrected chi connectivity index (χ3v) is 4.56. The monoisotopic (exact) mass is 319 g/mol. The van der Waals surface area contributed by atoms with Crippen LogP contribution in [0.15, 0.2) is 30.3 Å². The van der Waals surface area contributed by atoms with Gasteiger partial charge < -0.3 is 15.2 Å². The van der Waals surface area contributed by atoms with E-state index < -0.39 is 12.2 Å². The van der Waals surface area contributed by atoms with Crippen molar-refractivity contribution < 1.29 is 14.6 Å². The van der Waals surface area contributed by atoms with Crippen LogP contribution in [0.3, 0.4) is 0 Å². The predicted molar refractivity (Wildman–Crippen MR) is 91.0 cm³/mol. The van der Waals surface area contributed by atoms with E-state index in [-0.39, 0.29) is 12.0 Å². The minimum atomic E-state index is -0.549. The Hall–Kier alpha value is -1.39. The molecule has 0 heterocycles. The minimum Gasteiger partial charge on any atom is -0.388 e. The Labute approximate surface area is 139 Å². The second-order valence-electron chi connectivity index (χ2n) is 6.68. The molecule has 2 rings (SSSR count). The largest absolute Gasteiger partial charge is 0.388 e.